The van der Waals surface area contributed by atoms with E-state index in [1.807, 2.05) is 49.0 Å². The predicted molar refractivity (Wildman–Crippen MR) is 72.8 cm³/mol. The first kappa shape index (κ1) is 13.1. The highest BCUT2D eigenvalue weighted by atomic mass is 35.5. The summed E-state index contributed by atoms with van der Waals surface area (Å²) in [4.78, 5) is 0. The van der Waals surface area contributed by atoms with Crippen LogP contribution in [0.15, 0.2) is 30.3 Å². The average Bonchev–Trinajstić information content (AvgIpc) is 2.61. The van der Waals surface area contributed by atoms with Crippen LogP contribution in [0.25, 0.3) is 0 Å². The van der Waals surface area contributed by atoms with Crippen LogP contribution in [-0.2, 0) is 19.9 Å². The number of aryl methyl sites for hydroxylation is 2. The Kier molecular flexibility index (Phi) is 4.04. The van der Waals surface area contributed by atoms with E-state index in [1.54, 1.807) is 0 Å². The van der Waals surface area contributed by atoms with Crippen LogP contribution in [0.4, 0.5) is 0 Å². The third kappa shape index (κ3) is 3.12. The maximum Gasteiger partial charge on any atom is 0.0636 e. The first-order valence-electron chi connectivity index (χ1n) is 5.97. The van der Waals surface area contributed by atoms with E-state index >= 15 is 0 Å². The fraction of sp³-hybridized carbons (Fsp3) is 0.357. The highest BCUT2D eigenvalue weighted by molar-refractivity contribution is 6.31. The lowest BCUT2D eigenvalue weighted by atomic mass is 10.0. The Morgan fingerprint density at radius 3 is 2.67 bits per heavy atom. The smallest absolute Gasteiger partial charge is 0.0636 e. The molecule has 4 heteroatoms. The average molecular weight is 265 g/mol. The molecule has 96 valence electrons. The first-order chi connectivity index (χ1) is 8.56. The number of hydrogen-bond donors (Lipinski definition) is 1. The van der Waals surface area contributed by atoms with Gasteiger partial charge in [0.2, 0.25) is 0 Å². The van der Waals surface area contributed by atoms with E-state index in [0.717, 1.165) is 17.0 Å². The second-order valence-corrected chi connectivity index (χ2v) is 4.96. The van der Waals surface area contributed by atoms with Crippen LogP contribution in [0.2, 0.25) is 5.02 Å². The second kappa shape index (κ2) is 5.55. The van der Waals surface area contributed by atoms with Crippen LogP contribution in [-0.4, -0.2) is 21.0 Å². The van der Waals surface area contributed by atoms with E-state index < -0.39 is 6.10 Å². The molecule has 0 aliphatic heterocycles. The van der Waals surface area contributed by atoms with E-state index in [0.29, 0.717) is 17.9 Å². The first-order valence-corrected chi connectivity index (χ1v) is 6.35. The van der Waals surface area contributed by atoms with E-state index in [9.17, 15) is 5.11 Å². The van der Waals surface area contributed by atoms with Crippen molar-refractivity contribution in [2.75, 3.05) is 0 Å². The molecule has 1 aromatic carbocycles. The van der Waals surface area contributed by atoms with Gasteiger partial charge in [0.25, 0.3) is 0 Å². The second-order valence-electron chi connectivity index (χ2n) is 4.55. The molecule has 2 aromatic rings. The molecule has 3 nitrogen and oxygen atoms in total. The van der Waals surface area contributed by atoms with Gasteiger partial charge in [0.1, 0.15) is 0 Å². The Hall–Kier alpha value is -1.32. The van der Waals surface area contributed by atoms with Gasteiger partial charge in [0.15, 0.2) is 0 Å². The highest BCUT2D eigenvalue weighted by Gasteiger charge is 2.12. The van der Waals surface area contributed by atoms with Crippen LogP contribution in [0.5, 0.6) is 0 Å². The molecule has 0 saturated heterocycles. The molecule has 1 aromatic heterocycles. The van der Waals surface area contributed by atoms with Gasteiger partial charge >= 0.3 is 0 Å². The van der Waals surface area contributed by atoms with Crippen LogP contribution in [0.1, 0.15) is 17.0 Å². The van der Waals surface area contributed by atoms with Gasteiger partial charge in [0.05, 0.1) is 11.8 Å². The van der Waals surface area contributed by atoms with Crippen molar-refractivity contribution in [3.63, 3.8) is 0 Å². The van der Waals surface area contributed by atoms with Crippen molar-refractivity contribution in [3.8, 4) is 0 Å². The van der Waals surface area contributed by atoms with Gasteiger partial charge in [-0.2, -0.15) is 5.10 Å². The Bertz CT molecular complexity index is 536. The molecule has 1 unspecified atom stereocenters. The molecule has 0 bridgehead atoms. The Morgan fingerprint density at radius 1 is 1.33 bits per heavy atom. The largest absolute Gasteiger partial charge is 0.392 e. The summed E-state index contributed by atoms with van der Waals surface area (Å²) in [7, 11) is 1.89. The molecule has 0 aliphatic carbocycles. The van der Waals surface area contributed by atoms with Crippen molar-refractivity contribution in [2.24, 2.45) is 7.05 Å². The van der Waals surface area contributed by atoms with Crippen LogP contribution in [0.3, 0.4) is 0 Å². The molecular formula is C14H17ClN2O. The SMILES string of the molecule is Cc1cc(CC(O)Cc2ccccc2Cl)n(C)n1. The fourth-order valence-corrected chi connectivity index (χ4v) is 2.30. The summed E-state index contributed by atoms with van der Waals surface area (Å²) >= 11 is 6.08. The number of rotatable bonds is 4. The summed E-state index contributed by atoms with van der Waals surface area (Å²) in [5.41, 5.74) is 2.98. The summed E-state index contributed by atoms with van der Waals surface area (Å²) in [5.74, 6) is 0. The molecule has 18 heavy (non-hydrogen) atoms. The molecular weight excluding hydrogens is 248 g/mol. The number of hydrogen-bond acceptors (Lipinski definition) is 2. The van der Waals surface area contributed by atoms with Crippen molar-refractivity contribution < 1.29 is 5.11 Å². The molecule has 0 radical (unpaired) electrons. The molecule has 1 N–H and O–H groups in total. The van der Waals surface area contributed by atoms with Gasteiger partial charge in [-0.15, -0.1) is 0 Å². The maximum absolute atomic E-state index is 10.1. The lowest BCUT2D eigenvalue weighted by Gasteiger charge is -2.11. The molecule has 1 heterocycles. The zero-order valence-electron chi connectivity index (χ0n) is 10.6. The zero-order chi connectivity index (χ0) is 13.1. The van der Waals surface area contributed by atoms with Crippen LogP contribution in [0, 0.1) is 6.92 Å². The summed E-state index contributed by atoms with van der Waals surface area (Å²) in [5, 5.41) is 15.1. The molecule has 0 saturated carbocycles. The monoisotopic (exact) mass is 264 g/mol. The minimum absolute atomic E-state index is 0.445. The predicted octanol–water partition coefficient (Wildman–Crippen LogP) is 2.53. The highest BCUT2D eigenvalue weighted by Crippen LogP contribution is 2.18. The van der Waals surface area contributed by atoms with Crippen molar-refractivity contribution in [2.45, 2.75) is 25.9 Å². The number of aliphatic hydroxyl groups excluding tert-OH is 1. The van der Waals surface area contributed by atoms with Gasteiger partial charge in [-0.1, -0.05) is 29.8 Å². The topological polar surface area (TPSA) is 38.0 Å². The minimum atomic E-state index is -0.445. The summed E-state index contributed by atoms with van der Waals surface area (Å²) in [6, 6.07) is 9.61. The van der Waals surface area contributed by atoms with Gasteiger partial charge in [-0.05, 0) is 24.6 Å². The Morgan fingerprint density at radius 2 is 2.06 bits per heavy atom. The third-order valence-electron chi connectivity index (χ3n) is 2.96. The van der Waals surface area contributed by atoms with Gasteiger partial charge in [-0.25, -0.2) is 0 Å². The molecule has 0 aliphatic rings. The van der Waals surface area contributed by atoms with E-state index in [4.69, 9.17) is 11.6 Å². The minimum Gasteiger partial charge on any atom is -0.392 e. The van der Waals surface area contributed by atoms with Gasteiger partial charge in [0, 0.05) is 30.6 Å². The van der Waals surface area contributed by atoms with Gasteiger partial charge in [-0.3, -0.25) is 4.68 Å². The number of nitrogens with zero attached hydrogens (tertiary/aromatic N) is 2. The molecule has 1 atom stereocenters. The lowest BCUT2D eigenvalue weighted by molar-refractivity contribution is 0.173. The van der Waals surface area contributed by atoms with Crippen LogP contribution < -0.4 is 0 Å². The Balaban J connectivity index is 2.03. The quantitative estimate of drug-likeness (QED) is 0.922. The normalized spacial score (nSPS) is 12.7. The summed E-state index contributed by atoms with van der Waals surface area (Å²) < 4.78 is 1.81. The van der Waals surface area contributed by atoms with E-state index in [-0.39, 0.29) is 0 Å². The standard InChI is InChI=1S/C14H17ClN2O/c1-10-7-12(17(2)16-10)9-13(18)8-11-5-3-4-6-14(11)15/h3-7,13,18H,8-9H2,1-2H3. The van der Waals surface area contributed by atoms with Crippen molar-refractivity contribution in [3.05, 3.63) is 52.3 Å². The molecule has 0 spiro atoms. The lowest BCUT2D eigenvalue weighted by Crippen LogP contribution is -2.16. The van der Waals surface area contributed by atoms with E-state index in [1.165, 1.54) is 0 Å². The van der Waals surface area contributed by atoms with Crippen LogP contribution >= 0.6 is 11.6 Å². The number of benzene rings is 1. The number of aromatic nitrogens is 2. The molecule has 2 rings (SSSR count). The molecule has 0 amide bonds. The summed E-state index contributed by atoms with van der Waals surface area (Å²) in [6.07, 6.45) is 0.701. The zero-order valence-corrected chi connectivity index (χ0v) is 11.4. The Labute approximate surface area is 112 Å². The number of aliphatic hydroxyl groups is 1. The third-order valence-corrected chi connectivity index (χ3v) is 3.33. The van der Waals surface area contributed by atoms with Crippen molar-refractivity contribution >= 4 is 11.6 Å². The van der Waals surface area contributed by atoms with Crippen molar-refractivity contribution in [1.82, 2.24) is 9.78 Å². The summed E-state index contributed by atoms with van der Waals surface area (Å²) in [6.45, 7) is 1.95. The molecule has 0 fully saturated rings. The number of halogens is 1. The fourth-order valence-electron chi connectivity index (χ4n) is 2.09. The maximum atomic E-state index is 10.1. The van der Waals surface area contributed by atoms with Crippen molar-refractivity contribution in [1.29, 1.82) is 0 Å². The van der Waals surface area contributed by atoms with E-state index in [2.05, 4.69) is 5.10 Å². The van der Waals surface area contributed by atoms with Gasteiger partial charge < -0.3 is 5.11 Å².